The minimum atomic E-state index is -2.99. The van der Waals surface area contributed by atoms with E-state index in [9.17, 15) is 18.8 Å². The Kier molecular flexibility index (Phi) is 8.58. The predicted octanol–water partition coefficient (Wildman–Crippen LogP) is 4.01. The Balaban J connectivity index is 2.13. The fourth-order valence-electron chi connectivity index (χ4n) is 3.01. The van der Waals surface area contributed by atoms with Crippen LogP contribution >= 0.6 is 0 Å². The molecule has 0 fully saturated rings. The van der Waals surface area contributed by atoms with Crippen LogP contribution in [-0.4, -0.2) is 38.0 Å². The van der Waals surface area contributed by atoms with Gasteiger partial charge in [0.2, 0.25) is 0 Å². The average molecular weight is 434 g/mol. The number of carbonyl (C=O) groups excluding carboxylic acids is 1. The molecule has 0 radical (unpaired) electrons. The van der Waals surface area contributed by atoms with E-state index in [1.165, 1.54) is 31.4 Å². The van der Waals surface area contributed by atoms with Crippen LogP contribution in [0.15, 0.2) is 29.8 Å². The van der Waals surface area contributed by atoms with Crippen molar-refractivity contribution in [3.63, 3.8) is 0 Å². The summed E-state index contributed by atoms with van der Waals surface area (Å²) in [5.74, 6) is -0.849. The smallest absolute Gasteiger partial charge is 0.387 e. The van der Waals surface area contributed by atoms with Gasteiger partial charge in [0.05, 0.1) is 13.7 Å². The third kappa shape index (κ3) is 6.30. The average Bonchev–Trinajstić information content (AvgIpc) is 3.01. The maximum atomic E-state index is 12.4. The molecule has 31 heavy (non-hydrogen) atoms. The standard InChI is InChI=1S/C22H24F2N2O5/c1-14-9-17(15(2)26(14)7-8-28-3)11-18(12-25)21(27)30-13-16-5-6-19(31-22(23)24)20(10-16)29-4/h5-6,9-11,22H,7-8,13H2,1-4H3/b18-11+. The highest BCUT2D eigenvalue weighted by atomic mass is 19.3. The first kappa shape index (κ1) is 23.9. The molecule has 0 atom stereocenters. The number of benzene rings is 1. The molecule has 0 N–H and O–H groups in total. The fraction of sp³-hybridized carbons (Fsp3) is 0.364. The molecule has 9 heteroatoms. The number of ether oxygens (including phenoxy) is 4. The molecule has 0 aliphatic rings. The largest absolute Gasteiger partial charge is 0.493 e. The van der Waals surface area contributed by atoms with Gasteiger partial charge in [-0.15, -0.1) is 0 Å². The van der Waals surface area contributed by atoms with Crippen molar-refractivity contribution >= 4 is 12.0 Å². The topological polar surface area (TPSA) is 82.7 Å². The summed E-state index contributed by atoms with van der Waals surface area (Å²) in [6.07, 6.45) is 1.48. The number of nitrogens with zero attached hydrogens (tertiary/aromatic N) is 2. The molecule has 0 aliphatic carbocycles. The highest BCUT2D eigenvalue weighted by molar-refractivity contribution is 5.98. The highest BCUT2D eigenvalue weighted by Gasteiger charge is 2.16. The number of hydrogen-bond donors (Lipinski definition) is 0. The maximum absolute atomic E-state index is 12.4. The van der Waals surface area contributed by atoms with E-state index in [0.717, 1.165) is 17.0 Å². The molecule has 0 aliphatic heterocycles. The van der Waals surface area contributed by atoms with E-state index in [-0.39, 0.29) is 23.7 Å². The Morgan fingerprint density at radius 3 is 2.58 bits per heavy atom. The van der Waals surface area contributed by atoms with Crippen molar-refractivity contribution in [1.82, 2.24) is 4.57 Å². The number of alkyl halides is 2. The second-order valence-electron chi connectivity index (χ2n) is 6.58. The molecule has 1 aromatic heterocycles. The lowest BCUT2D eigenvalue weighted by atomic mass is 10.1. The number of rotatable bonds is 10. The van der Waals surface area contributed by atoms with Gasteiger partial charge in [0, 0.05) is 25.0 Å². The second kappa shape index (κ2) is 11.1. The number of carbonyl (C=O) groups is 1. The Morgan fingerprint density at radius 1 is 1.23 bits per heavy atom. The molecule has 2 rings (SSSR count). The van der Waals surface area contributed by atoms with Gasteiger partial charge in [0.25, 0.3) is 0 Å². The van der Waals surface area contributed by atoms with Gasteiger partial charge in [-0.05, 0) is 49.2 Å². The molecule has 2 aromatic rings. The van der Waals surface area contributed by atoms with E-state index >= 15 is 0 Å². The van der Waals surface area contributed by atoms with Crippen molar-refractivity contribution in [3.8, 4) is 17.6 Å². The summed E-state index contributed by atoms with van der Waals surface area (Å²) in [7, 11) is 2.93. The van der Waals surface area contributed by atoms with Crippen LogP contribution in [-0.2, 0) is 27.4 Å². The quantitative estimate of drug-likeness (QED) is 0.319. The van der Waals surface area contributed by atoms with Gasteiger partial charge in [-0.25, -0.2) is 4.79 Å². The minimum Gasteiger partial charge on any atom is -0.493 e. The summed E-state index contributed by atoms with van der Waals surface area (Å²) >= 11 is 0. The van der Waals surface area contributed by atoms with Gasteiger partial charge >= 0.3 is 12.6 Å². The Bertz CT molecular complexity index is 993. The highest BCUT2D eigenvalue weighted by Crippen LogP contribution is 2.29. The third-order valence-corrected chi connectivity index (χ3v) is 4.59. The van der Waals surface area contributed by atoms with Crippen molar-refractivity contribution < 1.29 is 32.5 Å². The Morgan fingerprint density at radius 2 is 1.97 bits per heavy atom. The number of aryl methyl sites for hydroxylation is 1. The van der Waals surface area contributed by atoms with Crippen LogP contribution in [0.25, 0.3) is 6.08 Å². The summed E-state index contributed by atoms with van der Waals surface area (Å²) in [5.41, 5.74) is 2.94. The summed E-state index contributed by atoms with van der Waals surface area (Å²) in [6, 6.07) is 7.92. The van der Waals surface area contributed by atoms with Crippen LogP contribution in [0.4, 0.5) is 8.78 Å². The second-order valence-corrected chi connectivity index (χ2v) is 6.58. The Hall–Kier alpha value is -3.38. The third-order valence-electron chi connectivity index (χ3n) is 4.59. The lowest BCUT2D eigenvalue weighted by Gasteiger charge is -2.11. The summed E-state index contributed by atoms with van der Waals surface area (Å²) < 4.78 is 46.6. The molecule has 1 heterocycles. The molecule has 0 saturated heterocycles. The number of esters is 1. The number of halogens is 2. The zero-order chi connectivity index (χ0) is 23.0. The van der Waals surface area contributed by atoms with Crippen LogP contribution in [0.5, 0.6) is 11.5 Å². The van der Waals surface area contributed by atoms with Gasteiger partial charge in [-0.3, -0.25) is 0 Å². The van der Waals surface area contributed by atoms with E-state index in [4.69, 9.17) is 14.2 Å². The van der Waals surface area contributed by atoms with Gasteiger partial charge in [-0.2, -0.15) is 14.0 Å². The first-order valence-electron chi connectivity index (χ1n) is 9.37. The predicted molar refractivity (Wildman–Crippen MR) is 109 cm³/mol. The van der Waals surface area contributed by atoms with Crippen LogP contribution in [0.3, 0.4) is 0 Å². The lowest BCUT2D eigenvalue weighted by Crippen LogP contribution is -2.08. The first-order chi connectivity index (χ1) is 14.8. The number of nitriles is 1. The Labute approximate surface area is 179 Å². The molecule has 1 aromatic carbocycles. The zero-order valence-electron chi connectivity index (χ0n) is 17.8. The molecule has 0 saturated carbocycles. The molecule has 166 valence electrons. The molecule has 0 amide bonds. The van der Waals surface area contributed by atoms with Gasteiger partial charge in [-0.1, -0.05) is 6.07 Å². The fourth-order valence-corrected chi connectivity index (χ4v) is 3.01. The number of aromatic nitrogens is 1. The van der Waals surface area contributed by atoms with Crippen molar-refractivity contribution in [2.75, 3.05) is 20.8 Å². The summed E-state index contributed by atoms with van der Waals surface area (Å²) in [4.78, 5) is 12.4. The van der Waals surface area contributed by atoms with Crippen molar-refractivity contribution in [2.24, 2.45) is 0 Å². The lowest BCUT2D eigenvalue weighted by molar-refractivity contribution is -0.139. The van der Waals surface area contributed by atoms with Crippen LogP contribution in [0.2, 0.25) is 0 Å². The monoisotopic (exact) mass is 434 g/mol. The SMILES string of the molecule is COCCn1c(C)cc(/C=C(\C#N)C(=O)OCc2ccc(OC(F)F)c(OC)c2)c1C. The van der Waals surface area contributed by atoms with Crippen LogP contribution in [0, 0.1) is 25.2 Å². The molecule has 0 bridgehead atoms. The van der Waals surface area contributed by atoms with E-state index < -0.39 is 12.6 Å². The maximum Gasteiger partial charge on any atom is 0.387 e. The molecule has 0 spiro atoms. The zero-order valence-corrected chi connectivity index (χ0v) is 17.8. The van der Waals surface area contributed by atoms with E-state index in [1.54, 1.807) is 7.11 Å². The van der Waals surface area contributed by atoms with Crippen LogP contribution in [0.1, 0.15) is 22.5 Å². The minimum absolute atomic E-state index is 0.0772. The molecular weight excluding hydrogens is 410 g/mol. The normalized spacial score (nSPS) is 11.4. The van der Waals surface area contributed by atoms with E-state index in [1.807, 2.05) is 30.6 Å². The summed E-state index contributed by atoms with van der Waals surface area (Å²) in [6.45, 7) is 1.86. The number of hydrogen-bond acceptors (Lipinski definition) is 6. The summed E-state index contributed by atoms with van der Waals surface area (Å²) in [5, 5.41) is 9.41. The number of methoxy groups -OCH3 is 2. The van der Waals surface area contributed by atoms with E-state index in [2.05, 4.69) is 4.74 Å². The van der Waals surface area contributed by atoms with Gasteiger partial charge in [0.1, 0.15) is 18.2 Å². The van der Waals surface area contributed by atoms with Crippen LogP contribution < -0.4 is 9.47 Å². The van der Waals surface area contributed by atoms with Gasteiger partial charge < -0.3 is 23.5 Å². The van der Waals surface area contributed by atoms with E-state index in [0.29, 0.717) is 18.7 Å². The molecular formula is C22H24F2N2O5. The van der Waals surface area contributed by atoms with Crippen molar-refractivity contribution in [3.05, 3.63) is 52.4 Å². The first-order valence-corrected chi connectivity index (χ1v) is 9.37. The molecule has 7 nitrogen and oxygen atoms in total. The van der Waals surface area contributed by atoms with Crippen molar-refractivity contribution in [1.29, 1.82) is 5.26 Å². The molecule has 0 unspecified atom stereocenters. The van der Waals surface area contributed by atoms with Crippen molar-refractivity contribution in [2.45, 2.75) is 33.6 Å². The van der Waals surface area contributed by atoms with Gasteiger partial charge in [0.15, 0.2) is 11.5 Å².